The lowest BCUT2D eigenvalue weighted by atomic mass is 9.97. The molecular weight excluding hydrogens is 160 g/mol. The van der Waals surface area contributed by atoms with Gasteiger partial charge in [-0.1, -0.05) is 6.92 Å². The third-order valence-electron chi connectivity index (χ3n) is 1.87. The first-order valence-electron chi connectivity index (χ1n) is 3.89. The van der Waals surface area contributed by atoms with Gasteiger partial charge in [-0.25, -0.2) is 4.79 Å². The van der Waals surface area contributed by atoms with Crippen molar-refractivity contribution in [3.05, 3.63) is 0 Å². The van der Waals surface area contributed by atoms with E-state index in [1.165, 1.54) is 0 Å². The molecule has 0 aliphatic rings. The molecule has 0 aromatic carbocycles. The molecule has 0 rings (SSSR count). The highest BCUT2D eigenvalue weighted by molar-refractivity contribution is 5.57. The number of ether oxygens (including phenoxy) is 1. The molecule has 0 heterocycles. The molecule has 1 atom stereocenters. The number of hydrogen-bond donors (Lipinski definition) is 1. The van der Waals surface area contributed by atoms with Crippen molar-refractivity contribution in [3.8, 4) is 0 Å². The Labute approximate surface area is 71.5 Å². The van der Waals surface area contributed by atoms with Gasteiger partial charge in [0.15, 0.2) is 0 Å². The maximum atomic E-state index is 10.2. The minimum absolute atomic E-state index is 0.331. The van der Waals surface area contributed by atoms with Crippen LogP contribution in [-0.4, -0.2) is 23.1 Å². The molecule has 0 radical (unpaired) electrons. The van der Waals surface area contributed by atoms with Gasteiger partial charge in [-0.2, -0.15) is 0 Å². The Hall–Kier alpha value is -1.06. The molecule has 0 amide bonds. The highest BCUT2D eigenvalue weighted by Gasteiger charge is 2.25. The second-order valence-electron chi connectivity index (χ2n) is 2.88. The number of hydrogen-bond acceptors (Lipinski definition) is 3. The zero-order valence-electron chi connectivity index (χ0n) is 7.37. The molecule has 1 unspecified atom stereocenters. The molecule has 4 heteroatoms. The molecule has 0 saturated heterocycles. The minimum atomic E-state index is -1.29. The van der Waals surface area contributed by atoms with E-state index in [9.17, 15) is 9.59 Å². The Morgan fingerprint density at radius 1 is 1.67 bits per heavy atom. The highest BCUT2D eigenvalue weighted by atomic mass is 16.7. The summed E-state index contributed by atoms with van der Waals surface area (Å²) in [5.74, 6) is 0. The summed E-state index contributed by atoms with van der Waals surface area (Å²) in [6.45, 7) is 3.51. The smallest absolute Gasteiger partial charge is 0.450 e. The van der Waals surface area contributed by atoms with Gasteiger partial charge in [-0.15, -0.1) is 0 Å². The Balaban J connectivity index is 4.03. The molecule has 0 spiro atoms. The summed E-state index contributed by atoms with van der Waals surface area (Å²) in [5, 5.41) is 8.37. The second kappa shape index (κ2) is 4.74. The van der Waals surface area contributed by atoms with Crippen molar-refractivity contribution in [2.45, 2.75) is 38.7 Å². The first kappa shape index (κ1) is 10.9. The van der Waals surface area contributed by atoms with E-state index in [0.29, 0.717) is 19.3 Å². The summed E-state index contributed by atoms with van der Waals surface area (Å²) in [5.41, 5.74) is -0.716. The van der Waals surface area contributed by atoms with Crippen LogP contribution in [0.1, 0.15) is 33.1 Å². The minimum Gasteiger partial charge on any atom is -0.450 e. The normalized spacial score (nSPS) is 14.8. The van der Waals surface area contributed by atoms with Crippen LogP contribution in [0, 0.1) is 0 Å². The molecule has 0 saturated carbocycles. The number of carbonyl (C=O) groups excluding carboxylic acids is 1. The molecule has 12 heavy (non-hydrogen) atoms. The van der Waals surface area contributed by atoms with Crippen LogP contribution in [0.4, 0.5) is 4.79 Å². The fourth-order valence-corrected chi connectivity index (χ4v) is 0.875. The third-order valence-corrected chi connectivity index (χ3v) is 1.87. The van der Waals surface area contributed by atoms with Crippen molar-refractivity contribution < 1.29 is 19.4 Å². The summed E-state index contributed by atoms with van der Waals surface area (Å²) in [6.07, 6.45) is 0.827. The Kier molecular flexibility index (Phi) is 4.33. The summed E-state index contributed by atoms with van der Waals surface area (Å²) >= 11 is 0. The van der Waals surface area contributed by atoms with Gasteiger partial charge in [0.1, 0.15) is 11.9 Å². The maximum Gasteiger partial charge on any atom is 0.506 e. The van der Waals surface area contributed by atoms with Gasteiger partial charge in [-0.3, -0.25) is 0 Å². The van der Waals surface area contributed by atoms with Crippen molar-refractivity contribution in [2.24, 2.45) is 0 Å². The Bertz CT molecular complexity index is 166. The van der Waals surface area contributed by atoms with Crippen LogP contribution in [0.15, 0.2) is 0 Å². The highest BCUT2D eigenvalue weighted by Crippen LogP contribution is 2.21. The van der Waals surface area contributed by atoms with Gasteiger partial charge in [0.05, 0.1) is 0 Å². The van der Waals surface area contributed by atoms with E-state index < -0.39 is 11.8 Å². The fourth-order valence-electron chi connectivity index (χ4n) is 0.875. The second-order valence-corrected chi connectivity index (χ2v) is 2.88. The molecule has 0 bridgehead atoms. The molecule has 0 aromatic rings. The van der Waals surface area contributed by atoms with Crippen molar-refractivity contribution in [1.82, 2.24) is 0 Å². The molecule has 70 valence electrons. The predicted octanol–water partition coefficient (Wildman–Crippen LogP) is 1.83. The van der Waals surface area contributed by atoms with Gasteiger partial charge in [0.2, 0.25) is 0 Å². The van der Waals surface area contributed by atoms with Crippen LogP contribution in [0.3, 0.4) is 0 Å². The van der Waals surface area contributed by atoms with Crippen LogP contribution in [0.5, 0.6) is 0 Å². The standard InChI is InChI=1S/C8H14O4/c1-3-8(2,5-4-6-9)12-7(10)11/h6H,3-5H2,1-2H3,(H,10,11). The van der Waals surface area contributed by atoms with Gasteiger partial charge in [-0.05, 0) is 19.8 Å². The lowest BCUT2D eigenvalue weighted by Gasteiger charge is -2.25. The number of carbonyl (C=O) groups is 2. The third kappa shape index (κ3) is 3.95. The van der Waals surface area contributed by atoms with Crippen LogP contribution in [0.2, 0.25) is 0 Å². The fraction of sp³-hybridized carbons (Fsp3) is 0.750. The monoisotopic (exact) mass is 174 g/mol. The number of aldehydes is 1. The van der Waals surface area contributed by atoms with Gasteiger partial charge in [0.25, 0.3) is 0 Å². The lowest BCUT2D eigenvalue weighted by molar-refractivity contribution is -0.109. The average molecular weight is 174 g/mol. The van der Waals surface area contributed by atoms with Crippen LogP contribution < -0.4 is 0 Å². The molecule has 0 aliphatic heterocycles. The molecule has 0 aromatic heterocycles. The number of rotatable bonds is 5. The van der Waals surface area contributed by atoms with E-state index in [2.05, 4.69) is 4.74 Å². The van der Waals surface area contributed by atoms with Crippen LogP contribution >= 0.6 is 0 Å². The van der Waals surface area contributed by atoms with Crippen molar-refractivity contribution in [3.63, 3.8) is 0 Å². The summed E-state index contributed by atoms with van der Waals surface area (Å²) in [6, 6.07) is 0. The number of carboxylic acid groups (broad SMARTS) is 1. The average Bonchev–Trinajstić information content (AvgIpc) is 2.00. The van der Waals surface area contributed by atoms with Crippen LogP contribution in [-0.2, 0) is 9.53 Å². The largest absolute Gasteiger partial charge is 0.506 e. The van der Waals surface area contributed by atoms with E-state index in [1.807, 2.05) is 6.92 Å². The van der Waals surface area contributed by atoms with Gasteiger partial charge >= 0.3 is 6.16 Å². The maximum absolute atomic E-state index is 10.2. The predicted molar refractivity (Wildman–Crippen MR) is 43.1 cm³/mol. The molecule has 4 nitrogen and oxygen atoms in total. The van der Waals surface area contributed by atoms with Crippen LogP contribution in [0.25, 0.3) is 0 Å². The van der Waals surface area contributed by atoms with E-state index in [4.69, 9.17) is 5.11 Å². The zero-order valence-corrected chi connectivity index (χ0v) is 7.37. The molecule has 0 aliphatic carbocycles. The van der Waals surface area contributed by atoms with Gasteiger partial charge in [0, 0.05) is 6.42 Å². The SMILES string of the molecule is CCC(C)(CCC=O)OC(=O)O. The molecule has 1 N–H and O–H groups in total. The quantitative estimate of drug-likeness (QED) is 0.510. The van der Waals surface area contributed by atoms with Crippen molar-refractivity contribution >= 4 is 12.4 Å². The topological polar surface area (TPSA) is 63.6 Å². The summed E-state index contributed by atoms with van der Waals surface area (Å²) in [7, 11) is 0. The first-order chi connectivity index (χ1) is 5.54. The first-order valence-corrected chi connectivity index (χ1v) is 3.89. The van der Waals surface area contributed by atoms with Crippen molar-refractivity contribution in [1.29, 1.82) is 0 Å². The van der Waals surface area contributed by atoms with Crippen molar-refractivity contribution in [2.75, 3.05) is 0 Å². The Morgan fingerprint density at radius 3 is 2.58 bits per heavy atom. The van der Waals surface area contributed by atoms with E-state index in [1.54, 1.807) is 6.92 Å². The zero-order chi connectivity index (χ0) is 9.61. The Morgan fingerprint density at radius 2 is 2.25 bits per heavy atom. The molecule has 0 fully saturated rings. The summed E-state index contributed by atoms with van der Waals surface area (Å²) < 4.78 is 4.65. The molecular formula is C8H14O4. The summed E-state index contributed by atoms with van der Waals surface area (Å²) in [4.78, 5) is 20.3. The lowest BCUT2D eigenvalue weighted by Crippen LogP contribution is -2.30. The van der Waals surface area contributed by atoms with E-state index in [0.717, 1.165) is 6.29 Å². The van der Waals surface area contributed by atoms with E-state index in [-0.39, 0.29) is 0 Å². The van der Waals surface area contributed by atoms with Gasteiger partial charge < -0.3 is 14.6 Å². The van der Waals surface area contributed by atoms with E-state index >= 15 is 0 Å².